The van der Waals surface area contributed by atoms with Gasteiger partial charge in [0.2, 0.25) is 0 Å². The van der Waals surface area contributed by atoms with Crippen molar-refractivity contribution >= 4 is 17.2 Å². The Balaban J connectivity index is 3.23. The highest BCUT2D eigenvalue weighted by Crippen LogP contribution is 2.27. The molecule has 72 valence electrons. The molecule has 0 radical (unpaired) electrons. The van der Waals surface area contributed by atoms with Gasteiger partial charge in [0.05, 0.1) is 12.0 Å². The number of nitrogens with one attached hydrogen (secondary N) is 1. The zero-order chi connectivity index (χ0) is 9.84. The van der Waals surface area contributed by atoms with Gasteiger partial charge in [-0.1, -0.05) is 0 Å². The molecule has 0 unspecified atom stereocenters. The molecule has 0 fully saturated rings. The number of hydrogen-bond donors (Lipinski definition) is 1. The summed E-state index contributed by atoms with van der Waals surface area (Å²) in [7, 11) is 1.38. The van der Waals surface area contributed by atoms with Crippen molar-refractivity contribution in [2.45, 2.75) is 4.90 Å². The van der Waals surface area contributed by atoms with Crippen LogP contribution in [0.5, 0.6) is 5.75 Å². The molecule has 0 saturated carbocycles. The molecule has 5 nitrogen and oxygen atoms in total. The molecule has 1 N–H and O–H groups in total. The summed E-state index contributed by atoms with van der Waals surface area (Å²) in [6, 6.07) is 4.50. The quantitative estimate of drug-likeness (QED) is 0.587. The van der Waals surface area contributed by atoms with Crippen LogP contribution in [0.15, 0.2) is 23.1 Å². The van der Waals surface area contributed by atoms with Crippen molar-refractivity contribution in [3.63, 3.8) is 0 Å². The lowest BCUT2D eigenvalue weighted by Gasteiger charge is -2.02. The van der Waals surface area contributed by atoms with Crippen LogP contribution in [0.25, 0.3) is 0 Å². The first-order valence-corrected chi connectivity index (χ1v) is 4.67. The molecule has 6 heteroatoms. The van der Waals surface area contributed by atoms with Crippen LogP contribution in [0, 0.1) is 14.9 Å². The van der Waals surface area contributed by atoms with Crippen LogP contribution in [-0.4, -0.2) is 12.0 Å². The second kappa shape index (κ2) is 3.99. The maximum atomic E-state index is 10.5. The van der Waals surface area contributed by atoms with E-state index in [4.69, 9.17) is 9.52 Å². The first-order chi connectivity index (χ1) is 6.19. The zero-order valence-corrected chi connectivity index (χ0v) is 8.14. The Morgan fingerprint density at radius 2 is 2.31 bits per heavy atom. The molecular weight excluding hydrogens is 192 g/mol. The van der Waals surface area contributed by atoms with Crippen LogP contribution >= 0.6 is 0 Å². The molecular formula is C7H10N2O3S. The molecule has 13 heavy (non-hydrogen) atoms. The van der Waals surface area contributed by atoms with E-state index in [1.165, 1.54) is 13.2 Å². The van der Waals surface area contributed by atoms with Gasteiger partial charge in [0.15, 0.2) is 5.75 Å². The van der Waals surface area contributed by atoms with E-state index in [1.807, 2.05) is 0 Å². The molecule has 0 atom stereocenters. The highest BCUT2D eigenvalue weighted by Gasteiger charge is 2.13. The Bertz CT molecular complexity index is 354. The van der Waals surface area contributed by atoms with Crippen molar-refractivity contribution in [2.24, 2.45) is 0 Å². The van der Waals surface area contributed by atoms with Gasteiger partial charge in [-0.25, -0.2) is 0 Å². The van der Waals surface area contributed by atoms with Crippen molar-refractivity contribution in [3.05, 3.63) is 28.3 Å². The third-order valence-electron chi connectivity index (χ3n) is 1.57. The minimum absolute atomic E-state index is 0.0564. The Labute approximate surface area is 78.4 Å². The van der Waals surface area contributed by atoms with Gasteiger partial charge in [0.1, 0.15) is 0 Å². The molecule has 0 aliphatic rings. The molecule has 0 amide bonds. The molecule has 0 heterocycles. The fourth-order valence-corrected chi connectivity index (χ4v) is 1.36. The molecule has 0 saturated heterocycles. The van der Waals surface area contributed by atoms with Crippen molar-refractivity contribution in [1.82, 2.24) is 0 Å². The Morgan fingerprint density at radius 1 is 1.62 bits per heavy atom. The molecule has 1 rings (SSSR count). The van der Waals surface area contributed by atoms with Crippen molar-refractivity contribution in [2.75, 3.05) is 7.11 Å². The molecule has 0 bridgehead atoms. The number of benzene rings is 1. The van der Waals surface area contributed by atoms with Crippen LogP contribution in [0.3, 0.4) is 0 Å². The summed E-state index contributed by atoms with van der Waals surface area (Å²) in [5.74, 6) is 0.224. The summed E-state index contributed by atoms with van der Waals surface area (Å²) in [6.45, 7) is 0. The number of nitro groups is 1. The molecule has 0 aliphatic carbocycles. The van der Waals surface area contributed by atoms with Gasteiger partial charge in [0, 0.05) is 6.07 Å². The summed E-state index contributed by atoms with van der Waals surface area (Å²) >= 11 is -0.583. The summed E-state index contributed by atoms with van der Waals surface area (Å²) in [5.41, 5.74) is -0.0564. The van der Waals surface area contributed by atoms with E-state index < -0.39 is 16.5 Å². The van der Waals surface area contributed by atoms with Crippen LogP contribution in [0.1, 0.15) is 0 Å². The van der Waals surface area contributed by atoms with E-state index in [0.29, 0.717) is 0 Å². The van der Waals surface area contributed by atoms with Gasteiger partial charge in [-0.3, -0.25) is 10.1 Å². The van der Waals surface area contributed by atoms with E-state index in [9.17, 15) is 10.1 Å². The number of rotatable bonds is 3. The average molecular weight is 202 g/mol. The Hall–Kier alpha value is -1.43. The van der Waals surface area contributed by atoms with Gasteiger partial charge in [0.25, 0.3) is 0 Å². The van der Waals surface area contributed by atoms with Gasteiger partial charge >= 0.3 is 5.69 Å². The normalized spacial score (nSPS) is 9.92. The smallest absolute Gasteiger partial charge is 0.310 e. The number of nitro benzene ring substituents is 1. The first kappa shape index (κ1) is 9.66. The minimum atomic E-state index is -0.583. The third-order valence-corrected chi connectivity index (χ3v) is 2.26. The molecule has 0 spiro atoms. The van der Waals surface area contributed by atoms with Crippen LogP contribution < -0.4 is 4.74 Å². The van der Waals surface area contributed by atoms with Crippen molar-refractivity contribution < 1.29 is 9.66 Å². The summed E-state index contributed by atoms with van der Waals surface area (Å²) in [5, 5.41) is 10.5. The topological polar surface area (TPSA) is 76.2 Å². The van der Waals surface area contributed by atoms with Crippen LogP contribution in [0.4, 0.5) is 5.69 Å². The highest BCUT2D eigenvalue weighted by atomic mass is 32.1. The fourth-order valence-electron chi connectivity index (χ4n) is 0.935. The number of methoxy groups -OCH3 is 1. The predicted molar refractivity (Wildman–Crippen MR) is 52.2 cm³/mol. The number of ether oxygens (including phenoxy) is 1. The lowest BCUT2D eigenvalue weighted by Crippen LogP contribution is -1.93. The van der Waals surface area contributed by atoms with Gasteiger partial charge < -0.3 is 9.52 Å². The highest BCUT2D eigenvalue weighted by molar-refractivity contribution is 7.66. The standard InChI is InChI=1S/C7H10N2O3S/c1-12-7-4-5(13-8)2-3-6(7)9(10)11/h2-4,8H,1,13H3. The summed E-state index contributed by atoms with van der Waals surface area (Å²) in [6.07, 6.45) is 0. The average Bonchev–Trinajstić information content (AvgIpc) is 2.16. The molecule has 0 aliphatic heterocycles. The predicted octanol–water partition coefficient (Wildman–Crippen LogP) is 1.00. The minimum Gasteiger partial charge on any atom is -0.490 e. The number of nitrogens with zero attached hydrogens (tertiary/aromatic N) is 1. The third kappa shape index (κ3) is 2.03. The van der Waals surface area contributed by atoms with Gasteiger partial charge in [-0.05, 0) is 17.0 Å². The molecule has 1 aromatic rings. The monoisotopic (exact) mass is 202 g/mol. The second-order valence-corrected chi connectivity index (χ2v) is 3.29. The first-order valence-electron chi connectivity index (χ1n) is 3.52. The number of hydrogen-bond acceptors (Lipinski definition) is 4. The van der Waals surface area contributed by atoms with Gasteiger partial charge in [-0.2, -0.15) is 11.6 Å². The molecule has 0 aromatic heterocycles. The van der Waals surface area contributed by atoms with Crippen LogP contribution in [-0.2, 0) is 11.6 Å². The summed E-state index contributed by atoms with van der Waals surface area (Å²) in [4.78, 5) is 10.7. The fraction of sp³-hybridized carbons (Fsp3) is 0.143. The lowest BCUT2D eigenvalue weighted by molar-refractivity contribution is -0.385. The van der Waals surface area contributed by atoms with E-state index >= 15 is 0 Å². The van der Waals surface area contributed by atoms with Gasteiger partial charge in [-0.15, -0.1) is 0 Å². The van der Waals surface area contributed by atoms with Crippen molar-refractivity contribution in [1.29, 1.82) is 4.78 Å². The lowest BCUT2D eigenvalue weighted by atomic mass is 10.3. The van der Waals surface area contributed by atoms with E-state index in [0.717, 1.165) is 4.90 Å². The zero-order valence-electron chi connectivity index (χ0n) is 6.98. The van der Waals surface area contributed by atoms with E-state index in [-0.39, 0.29) is 11.4 Å². The molecule has 1 aromatic carbocycles. The Kier molecular flexibility index (Phi) is 2.97. The van der Waals surface area contributed by atoms with Crippen molar-refractivity contribution in [3.8, 4) is 5.75 Å². The Morgan fingerprint density at radius 3 is 2.77 bits per heavy atom. The van der Waals surface area contributed by atoms with E-state index in [2.05, 4.69) is 0 Å². The van der Waals surface area contributed by atoms with E-state index in [1.54, 1.807) is 12.1 Å². The maximum Gasteiger partial charge on any atom is 0.310 e. The largest absolute Gasteiger partial charge is 0.490 e. The SMILES string of the molecule is COc1cc([SH3]=N)ccc1[N+](=O)[O-]. The maximum absolute atomic E-state index is 10.5. The summed E-state index contributed by atoms with van der Waals surface area (Å²) < 4.78 is 12.0. The second-order valence-electron chi connectivity index (χ2n) is 2.33. The van der Waals surface area contributed by atoms with Crippen LogP contribution in [0.2, 0.25) is 0 Å².